The number of nitrogens with one attached hydrogen (secondary N) is 2. The maximum atomic E-state index is 12.1. The summed E-state index contributed by atoms with van der Waals surface area (Å²) in [5, 5.41) is 5.68. The second-order valence-corrected chi connectivity index (χ2v) is 4.97. The summed E-state index contributed by atoms with van der Waals surface area (Å²) in [6, 6.07) is 7.16. The summed E-state index contributed by atoms with van der Waals surface area (Å²) >= 11 is 0. The molecule has 0 radical (unpaired) electrons. The van der Waals surface area contributed by atoms with E-state index in [2.05, 4.69) is 10.6 Å². The van der Waals surface area contributed by atoms with E-state index in [0.717, 1.165) is 6.42 Å². The van der Waals surface area contributed by atoms with Crippen LogP contribution in [0.25, 0.3) is 0 Å². The van der Waals surface area contributed by atoms with Gasteiger partial charge in [-0.25, -0.2) is 0 Å². The molecule has 2 N–H and O–H groups in total. The van der Waals surface area contributed by atoms with Crippen LogP contribution in [-0.2, 0) is 4.79 Å². The van der Waals surface area contributed by atoms with Gasteiger partial charge in [-0.2, -0.15) is 0 Å². The zero-order valence-electron chi connectivity index (χ0n) is 12.0. The Bertz CT molecular complexity index is 455. The Labute approximate surface area is 114 Å². The molecule has 2 amide bonds. The third-order valence-electron chi connectivity index (χ3n) is 2.94. The molecule has 0 aromatic heterocycles. The number of carbonyl (C=O) groups is 2. The summed E-state index contributed by atoms with van der Waals surface area (Å²) in [4.78, 5) is 23.8. The van der Waals surface area contributed by atoms with Crippen LogP contribution < -0.4 is 10.6 Å². The predicted octanol–water partition coefficient (Wildman–Crippen LogP) is 2.81. The van der Waals surface area contributed by atoms with Gasteiger partial charge in [-0.3, -0.25) is 9.59 Å². The molecule has 0 aliphatic heterocycles. The highest BCUT2D eigenvalue weighted by atomic mass is 16.2. The lowest BCUT2D eigenvalue weighted by molar-refractivity contribution is -0.118. The highest BCUT2D eigenvalue weighted by molar-refractivity contribution is 6.04. The molecule has 0 fully saturated rings. The fraction of sp³-hybridized carbons (Fsp3) is 0.467. The summed E-state index contributed by atoms with van der Waals surface area (Å²) in [5.74, 6) is -0.372. The van der Waals surface area contributed by atoms with E-state index in [1.54, 1.807) is 24.3 Å². The monoisotopic (exact) mass is 262 g/mol. The fourth-order valence-electron chi connectivity index (χ4n) is 1.47. The maximum Gasteiger partial charge on any atom is 0.253 e. The van der Waals surface area contributed by atoms with Gasteiger partial charge in [0.05, 0.1) is 11.3 Å². The van der Waals surface area contributed by atoms with Gasteiger partial charge in [-0.15, -0.1) is 0 Å². The van der Waals surface area contributed by atoms with Crippen LogP contribution >= 0.6 is 0 Å². The average Bonchev–Trinajstić information content (AvgIpc) is 2.38. The topological polar surface area (TPSA) is 58.2 Å². The second-order valence-electron chi connectivity index (χ2n) is 4.97. The van der Waals surface area contributed by atoms with Crippen molar-refractivity contribution in [1.29, 1.82) is 0 Å². The molecule has 0 aliphatic rings. The molecule has 1 atom stereocenters. The van der Waals surface area contributed by atoms with Gasteiger partial charge in [0.15, 0.2) is 0 Å². The first kappa shape index (κ1) is 15.2. The molecule has 0 heterocycles. The molecule has 19 heavy (non-hydrogen) atoms. The Kier molecular flexibility index (Phi) is 5.55. The lowest BCUT2D eigenvalue weighted by atomic mass is 10.1. The van der Waals surface area contributed by atoms with Crippen molar-refractivity contribution in [1.82, 2.24) is 5.32 Å². The second kappa shape index (κ2) is 6.92. The van der Waals surface area contributed by atoms with Crippen LogP contribution in [-0.4, -0.2) is 17.9 Å². The van der Waals surface area contributed by atoms with E-state index < -0.39 is 0 Å². The minimum absolute atomic E-state index is 0.0937. The summed E-state index contributed by atoms with van der Waals surface area (Å²) in [6.07, 6.45) is 0.867. The molecular weight excluding hydrogens is 240 g/mol. The van der Waals surface area contributed by atoms with E-state index in [4.69, 9.17) is 0 Å². The van der Waals surface area contributed by atoms with Gasteiger partial charge < -0.3 is 10.6 Å². The van der Waals surface area contributed by atoms with Crippen molar-refractivity contribution in [3.8, 4) is 0 Å². The molecule has 0 aliphatic carbocycles. The zero-order valence-corrected chi connectivity index (χ0v) is 12.0. The molecule has 0 bridgehead atoms. The number of rotatable bonds is 5. The summed E-state index contributed by atoms with van der Waals surface area (Å²) in [5.41, 5.74) is 1.05. The van der Waals surface area contributed by atoms with Crippen LogP contribution in [0.1, 0.15) is 44.5 Å². The number of carbonyl (C=O) groups excluding carboxylic acids is 2. The highest BCUT2D eigenvalue weighted by Gasteiger charge is 2.15. The predicted molar refractivity (Wildman–Crippen MR) is 77.1 cm³/mol. The number of benzene rings is 1. The minimum Gasteiger partial charge on any atom is -0.350 e. The first-order valence-electron chi connectivity index (χ1n) is 6.66. The van der Waals surface area contributed by atoms with Gasteiger partial charge in [0.2, 0.25) is 5.91 Å². The van der Waals surface area contributed by atoms with Crippen LogP contribution in [0, 0.1) is 5.92 Å². The lowest BCUT2D eigenvalue weighted by Gasteiger charge is -2.15. The molecule has 0 spiro atoms. The Balaban J connectivity index is 2.89. The Hall–Kier alpha value is -1.84. The summed E-state index contributed by atoms with van der Waals surface area (Å²) in [6.45, 7) is 7.60. The molecule has 4 nitrogen and oxygen atoms in total. The van der Waals surface area contributed by atoms with E-state index in [1.165, 1.54) is 0 Å². The molecule has 0 saturated carbocycles. The van der Waals surface area contributed by atoms with E-state index in [-0.39, 0.29) is 23.8 Å². The van der Waals surface area contributed by atoms with Crippen LogP contribution in [0.3, 0.4) is 0 Å². The third-order valence-corrected chi connectivity index (χ3v) is 2.94. The molecule has 0 unspecified atom stereocenters. The fourth-order valence-corrected chi connectivity index (χ4v) is 1.47. The quantitative estimate of drug-likeness (QED) is 0.857. The number of hydrogen-bond acceptors (Lipinski definition) is 2. The average molecular weight is 262 g/mol. The maximum absolute atomic E-state index is 12.1. The van der Waals surface area contributed by atoms with Gasteiger partial charge in [-0.05, 0) is 25.5 Å². The van der Waals surface area contributed by atoms with Crippen molar-refractivity contribution in [3.63, 3.8) is 0 Å². The van der Waals surface area contributed by atoms with E-state index >= 15 is 0 Å². The van der Waals surface area contributed by atoms with E-state index in [0.29, 0.717) is 11.3 Å². The van der Waals surface area contributed by atoms with Gasteiger partial charge in [0.25, 0.3) is 5.91 Å². The Morgan fingerprint density at radius 2 is 1.79 bits per heavy atom. The standard InChI is InChI=1S/C15H22N2O2/c1-5-11(4)16-15(19)12-8-6-7-9-13(12)17-14(18)10(2)3/h6-11H,5H2,1-4H3,(H,16,19)(H,17,18)/t11-/m1/s1. The number of anilines is 1. The number of amides is 2. The van der Waals surface area contributed by atoms with Crippen LogP contribution in [0.2, 0.25) is 0 Å². The molecule has 1 rings (SSSR count). The molecule has 4 heteroatoms. The van der Waals surface area contributed by atoms with E-state index in [1.807, 2.05) is 27.7 Å². The molecule has 1 aromatic carbocycles. The van der Waals surface area contributed by atoms with Crippen molar-refractivity contribution in [2.45, 2.75) is 40.2 Å². The minimum atomic E-state index is -0.158. The lowest BCUT2D eigenvalue weighted by Crippen LogP contribution is -2.32. The Morgan fingerprint density at radius 3 is 2.37 bits per heavy atom. The molecular formula is C15H22N2O2. The van der Waals surface area contributed by atoms with Gasteiger partial charge in [-0.1, -0.05) is 32.9 Å². The Morgan fingerprint density at radius 1 is 1.16 bits per heavy atom. The normalized spacial score (nSPS) is 12.1. The van der Waals surface area contributed by atoms with Crippen molar-refractivity contribution >= 4 is 17.5 Å². The third kappa shape index (κ3) is 4.39. The zero-order chi connectivity index (χ0) is 14.4. The summed E-state index contributed by atoms with van der Waals surface area (Å²) in [7, 11) is 0. The van der Waals surface area contributed by atoms with Crippen molar-refractivity contribution in [2.24, 2.45) is 5.92 Å². The van der Waals surface area contributed by atoms with Crippen molar-refractivity contribution in [3.05, 3.63) is 29.8 Å². The SMILES string of the molecule is CC[C@@H](C)NC(=O)c1ccccc1NC(=O)C(C)C. The first-order valence-corrected chi connectivity index (χ1v) is 6.66. The van der Waals surface area contributed by atoms with Gasteiger partial charge >= 0.3 is 0 Å². The molecule has 1 aromatic rings. The van der Waals surface area contributed by atoms with Crippen LogP contribution in [0.4, 0.5) is 5.69 Å². The largest absolute Gasteiger partial charge is 0.350 e. The summed E-state index contributed by atoms with van der Waals surface area (Å²) < 4.78 is 0. The van der Waals surface area contributed by atoms with Crippen molar-refractivity contribution in [2.75, 3.05) is 5.32 Å². The van der Waals surface area contributed by atoms with Gasteiger partial charge in [0, 0.05) is 12.0 Å². The smallest absolute Gasteiger partial charge is 0.253 e. The van der Waals surface area contributed by atoms with E-state index in [9.17, 15) is 9.59 Å². The van der Waals surface area contributed by atoms with Gasteiger partial charge in [0.1, 0.15) is 0 Å². The van der Waals surface area contributed by atoms with Crippen molar-refractivity contribution < 1.29 is 9.59 Å². The number of hydrogen-bond donors (Lipinski definition) is 2. The first-order chi connectivity index (χ1) is 8.95. The van der Waals surface area contributed by atoms with Crippen LogP contribution in [0.5, 0.6) is 0 Å². The highest BCUT2D eigenvalue weighted by Crippen LogP contribution is 2.16. The number of para-hydroxylation sites is 1. The molecule has 0 saturated heterocycles. The van der Waals surface area contributed by atoms with Crippen LogP contribution in [0.15, 0.2) is 24.3 Å². The molecule has 104 valence electrons.